The number of nitrogens with one attached hydrogen (secondary N) is 1. The molecule has 0 aliphatic carbocycles. The second-order valence-corrected chi connectivity index (χ2v) is 6.91. The lowest BCUT2D eigenvalue weighted by Crippen LogP contribution is -2.44. The zero-order valence-electron chi connectivity index (χ0n) is 14.6. The second-order valence-electron chi connectivity index (χ2n) is 6.91. The summed E-state index contributed by atoms with van der Waals surface area (Å²) in [6.07, 6.45) is 1.61. The molecule has 1 aliphatic heterocycles. The maximum absolute atomic E-state index is 12.2. The van der Waals surface area contributed by atoms with Crippen molar-refractivity contribution in [1.82, 2.24) is 20.2 Å². The number of rotatable bonds is 3. The summed E-state index contributed by atoms with van der Waals surface area (Å²) in [5.41, 5.74) is 1.00. The van der Waals surface area contributed by atoms with Gasteiger partial charge in [0.15, 0.2) is 0 Å². The van der Waals surface area contributed by atoms with Gasteiger partial charge in [-0.3, -0.25) is 9.59 Å². The molecule has 23 heavy (non-hydrogen) atoms. The Morgan fingerprint density at radius 1 is 1.26 bits per heavy atom. The molecule has 0 radical (unpaired) electrons. The van der Waals surface area contributed by atoms with Gasteiger partial charge in [-0.15, -0.1) is 0 Å². The molecule has 0 unspecified atom stereocenters. The number of hydrogen-bond acceptors (Lipinski definition) is 4. The van der Waals surface area contributed by atoms with Gasteiger partial charge < -0.3 is 10.2 Å². The average molecular weight is 318 g/mol. The molecule has 2 heterocycles. The van der Waals surface area contributed by atoms with Crippen LogP contribution in [-0.4, -0.2) is 45.8 Å². The first-order valence-corrected chi connectivity index (χ1v) is 8.14. The smallest absolute Gasteiger partial charge is 0.270 e. The van der Waals surface area contributed by atoms with Crippen molar-refractivity contribution in [3.05, 3.63) is 23.3 Å². The largest absolute Gasteiger partial charge is 0.349 e. The molecule has 1 aromatic heterocycles. The molecule has 2 amide bonds. The van der Waals surface area contributed by atoms with Crippen LogP contribution in [0.2, 0.25) is 0 Å². The number of aromatic nitrogens is 2. The predicted molar refractivity (Wildman–Crippen MR) is 88.2 cm³/mol. The standard InChI is InChI=1S/C17H26N4O2/c1-11(2)18-15(23)14-10-12(3)19-16(20-14)17(5)6-8-21(9-7-17)13(4)22/h10-11H,6-9H2,1-5H3,(H,18,23). The molecule has 1 aliphatic rings. The molecule has 1 fully saturated rings. The molecule has 0 saturated carbocycles. The number of hydrogen-bond donors (Lipinski definition) is 1. The van der Waals surface area contributed by atoms with Gasteiger partial charge in [-0.1, -0.05) is 6.92 Å². The molecule has 0 bridgehead atoms. The van der Waals surface area contributed by atoms with Gasteiger partial charge in [-0.25, -0.2) is 9.97 Å². The van der Waals surface area contributed by atoms with E-state index in [1.54, 1.807) is 13.0 Å². The van der Waals surface area contributed by atoms with Crippen molar-refractivity contribution in [2.24, 2.45) is 0 Å². The van der Waals surface area contributed by atoms with Crippen molar-refractivity contribution < 1.29 is 9.59 Å². The molecule has 0 atom stereocenters. The van der Waals surface area contributed by atoms with Crippen LogP contribution in [0.1, 0.15) is 62.5 Å². The van der Waals surface area contributed by atoms with Crippen LogP contribution in [0.5, 0.6) is 0 Å². The zero-order valence-corrected chi connectivity index (χ0v) is 14.6. The Hall–Kier alpha value is -1.98. The van der Waals surface area contributed by atoms with Gasteiger partial charge >= 0.3 is 0 Å². The van der Waals surface area contributed by atoms with Gasteiger partial charge in [0.25, 0.3) is 5.91 Å². The van der Waals surface area contributed by atoms with Crippen molar-refractivity contribution in [2.75, 3.05) is 13.1 Å². The van der Waals surface area contributed by atoms with E-state index in [1.807, 2.05) is 25.7 Å². The molecule has 1 N–H and O–H groups in total. The topological polar surface area (TPSA) is 75.2 Å². The first kappa shape index (κ1) is 17.4. The highest BCUT2D eigenvalue weighted by Gasteiger charge is 2.35. The van der Waals surface area contributed by atoms with Crippen LogP contribution in [0.25, 0.3) is 0 Å². The number of carbonyl (C=O) groups excluding carboxylic acids is 2. The summed E-state index contributed by atoms with van der Waals surface area (Å²) < 4.78 is 0. The van der Waals surface area contributed by atoms with E-state index >= 15 is 0 Å². The van der Waals surface area contributed by atoms with Gasteiger partial charge in [0, 0.05) is 37.2 Å². The minimum Gasteiger partial charge on any atom is -0.349 e. The lowest BCUT2D eigenvalue weighted by Gasteiger charge is -2.38. The summed E-state index contributed by atoms with van der Waals surface area (Å²) in [6, 6.07) is 1.78. The molecule has 2 rings (SSSR count). The van der Waals surface area contributed by atoms with Gasteiger partial charge in [-0.05, 0) is 39.7 Å². The van der Waals surface area contributed by atoms with Gasteiger partial charge in [0.05, 0.1) is 0 Å². The normalized spacial score (nSPS) is 17.2. The average Bonchev–Trinajstić information content (AvgIpc) is 2.46. The number of carbonyl (C=O) groups is 2. The number of piperidine rings is 1. The number of likely N-dealkylation sites (tertiary alicyclic amines) is 1. The highest BCUT2D eigenvalue weighted by Crippen LogP contribution is 2.33. The van der Waals surface area contributed by atoms with Crippen LogP contribution in [0, 0.1) is 6.92 Å². The molecule has 0 aromatic carbocycles. The fraction of sp³-hybridized carbons (Fsp3) is 0.647. The van der Waals surface area contributed by atoms with Crippen LogP contribution in [0.15, 0.2) is 6.07 Å². The predicted octanol–water partition coefficient (Wildman–Crippen LogP) is 1.82. The van der Waals surface area contributed by atoms with E-state index in [2.05, 4.69) is 22.2 Å². The number of nitrogens with zero attached hydrogens (tertiary/aromatic N) is 3. The van der Waals surface area contributed by atoms with Crippen molar-refractivity contribution in [3.8, 4) is 0 Å². The van der Waals surface area contributed by atoms with E-state index in [9.17, 15) is 9.59 Å². The summed E-state index contributed by atoms with van der Waals surface area (Å²) in [4.78, 5) is 34.7. The Labute approximate surface area is 137 Å². The van der Waals surface area contributed by atoms with E-state index in [1.165, 1.54) is 0 Å². The Kier molecular flexibility index (Phi) is 5.02. The van der Waals surface area contributed by atoms with Gasteiger partial charge in [0.2, 0.25) is 5.91 Å². The first-order valence-electron chi connectivity index (χ1n) is 8.14. The van der Waals surface area contributed by atoms with Crippen LogP contribution in [0.3, 0.4) is 0 Å². The quantitative estimate of drug-likeness (QED) is 0.922. The Balaban J connectivity index is 2.24. The van der Waals surface area contributed by atoms with Crippen LogP contribution >= 0.6 is 0 Å². The van der Waals surface area contributed by atoms with Crippen LogP contribution in [0.4, 0.5) is 0 Å². The molecule has 1 aromatic rings. The zero-order chi connectivity index (χ0) is 17.2. The molecule has 126 valence electrons. The van der Waals surface area contributed by atoms with Crippen molar-refractivity contribution in [3.63, 3.8) is 0 Å². The summed E-state index contributed by atoms with van der Waals surface area (Å²) in [7, 11) is 0. The highest BCUT2D eigenvalue weighted by atomic mass is 16.2. The fourth-order valence-corrected chi connectivity index (χ4v) is 2.83. The maximum atomic E-state index is 12.2. The summed E-state index contributed by atoms with van der Waals surface area (Å²) in [5.74, 6) is 0.639. The van der Waals surface area contributed by atoms with Gasteiger partial charge in [-0.2, -0.15) is 0 Å². The van der Waals surface area contributed by atoms with E-state index < -0.39 is 0 Å². The highest BCUT2D eigenvalue weighted by molar-refractivity contribution is 5.92. The summed E-state index contributed by atoms with van der Waals surface area (Å²) >= 11 is 0. The third-order valence-electron chi connectivity index (χ3n) is 4.36. The maximum Gasteiger partial charge on any atom is 0.270 e. The minimum absolute atomic E-state index is 0.0654. The third-order valence-corrected chi connectivity index (χ3v) is 4.36. The van der Waals surface area contributed by atoms with Crippen LogP contribution < -0.4 is 5.32 Å². The third kappa shape index (κ3) is 4.06. The van der Waals surface area contributed by atoms with Crippen LogP contribution in [-0.2, 0) is 10.2 Å². The molecule has 6 heteroatoms. The minimum atomic E-state index is -0.204. The Morgan fingerprint density at radius 2 is 1.87 bits per heavy atom. The first-order chi connectivity index (χ1) is 10.7. The van der Waals surface area contributed by atoms with E-state index in [4.69, 9.17) is 0 Å². The number of amides is 2. The SMILES string of the molecule is CC(=O)N1CCC(C)(c2nc(C)cc(C(=O)NC(C)C)n2)CC1. The molecule has 0 spiro atoms. The number of aryl methyl sites for hydroxylation is 1. The lowest BCUT2D eigenvalue weighted by atomic mass is 9.79. The van der Waals surface area contributed by atoms with E-state index in [0.717, 1.165) is 18.5 Å². The Bertz CT molecular complexity index is 605. The van der Waals surface area contributed by atoms with Crippen molar-refractivity contribution in [2.45, 2.75) is 58.9 Å². The van der Waals surface area contributed by atoms with E-state index in [-0.39, 0.29) is 23.3 Å². The molecular formula is C17H26N4O2. The van der Waals surface area contributed by atoms with Crippen molar-refractivity contribution >= 4 is 11.8 Å². The molecule has 1 saturated heterocycles. The lowest BCUT2D eigenvalue weighted by molar-refractivity contribution is -0.130. The molecular weight excluding hydrogens is 292 g/mol. The second kappa shape index (κ2) is 6.64. The van der Waals surface area contributed by atoms with E-state index in [0.29, 0.717) is 24.6 Å². The van der Waals surface area contributed by atoms with Gasteiger partial charge in [0.1, 0.15) is 11.5 Å². The fourth-order valence-electron chi connectivity index (χ4n) is 2.83. The summed E-state index contributed by atoms with van der Waals surface area (Å²) in [6.45, 7) is 10.8. The van der Waals surface area contributed by atoms with Crippen molar-refractivity contribution in [1.29, 1.82) is 0 Å². The monoisotopic (exact) mass is 318 g/mol. The molecule has 6 nitrogen and oxygen atoms in total. The Morgan fingerprint density at radius 3 is 2.39 bits per heavy atom. The summed E-state index contributed by atoms with van der Waals surface area (Å²) in [5, 5.41) is 2.87.